The van der Waals surface area contributed by atoms with E-state index in [2.05, 4.69) is 4.72 Å². The van der Waals surface area contributed by atoms with Crippen LogP contribution in [-0.2, 0) is 19.6 Å². The van der Waals surface area contributed by atoms with E-state index in [1.54, 1.807) is 11.4 Å². The van der Waals surface area contributed by atoms with E-state index in [0.29, 0.717) is 0 Å². The summed E-state index contributed by atoms with van der Waals surface area (Å²) in [6.07, 6.45) is 0. The van der Waals surface area contributed by atoms with Crippen LogP contribution in [0.5, 0.6) is 0 Å². The summed E-state index contributed by atoms with van der Waals surface area (Å²) in [6, 6.07) is 9.00. The van der Waals surface area contributed by atoms with Crippen LogP contribution in [-0.4, -0.2) is 57.1 Å². The summed E-state index contributed by atoms with van der Waals surface area (Å²) in [4.78, 5) is 24.7. The van der Waals surface area contributed by atoms with Gasteiger partial charge >= 0.3 is 5.97 Å². The highest BCUT2D eigenvalue weighted by Crippen LogP contribution is 2.21. The number of carbonyl (C=O) groups is 2. The third-order valence-electron chi connectivity index (χ3n) is 3.30. The maximum absolute atomic E-state index is 12.6. The molecule has 0 aliphatic carbocycles. The lowest BCUT2D eigenvalue weighted by atomic mass is 10.1. The van der Waals surface area contributed by atoms with Gasteiger partial charge in [-0.3, -0.25) is 14.3 Å². The van der Waals surface area contributed by atoms with E-state index in [4.69, 9.17) is 9.84 Å². The molecule has 0 fully saturated rings. The van der Waals surface area contributed by atoms with E-state index in [9.17, 15) is 18.0 Å². The number of hydrogen-bond donors (Lipinski definition) is 2. The van der Waals surface area contributed by atoms with E-state index in [1.807, 2.05) is 0 Å². The van der Waals surface area contributed by atoms with E-state index in [0.717, 1.165) is 16.2 Å². The number of carboxylic acids is 1. The van der Waals surface area contributed by atoms with Gasteiger partial charge in [0, 0.05) is 24.9 Å². The van der Waals surface area contributed by atoms with Crippen LogP contribution in [0.2, 0.25) is 0 Å². The molecule has 1 aromatic heterocycles. The number of hydrogen-bond acceptors (Lipinski definition) is 6. The third-order valence-corrected chi connectivity index (χ3v) is 6.08. The molecule has 0 spiro atoms. The van der Waals surface area contributed by atoms with Gasteiger partial charge in [0.1, 0.15) is 10.8 Å². The van der Waals surface area contributed by atoms with Crippen LogP contribution in [0.1, 0.15) is 10.4 Å². The lowest BCUT2D eigenvalue weighted by Crippen LogP contribution is -2.38. The largest absolute Gasteiger partial charge is 0.480 e. The number of anilines is 1. The number of nitrogens with zero attached hydrogens (tertiary/aromatic N) is 1. The number of carbonyl (C=O) groups excluding carboxylic acids is 1. The third kappa shape index (κ3) is 5.28. The van der Waals surface area contributed by atoms with Crippen molar-refractivity contribution in [3.63, 3.8) is 0 Å². The molecule has 0 saturated heterocycles. The molecule has 140 valence electrons. The Kier molecular flexibility index (Phi) is 6.72. The fourth-order valence-electron chi connectivity index (χ4n) is 2.14. The number of thiophene rings is 1. The number of methoxy groups -OCH3 is 1. The fourth-order valence-corrected chi connectivity index (χ4v) is 4.18. The van der Waals surface area contributed by atoms with Gasteiger partial charge in [-0.25, -0.2) is 8.42 Å². The van der Waals surface area contributed by atoms with Crippen molar-refractivity contribution in [2.24, 2.45) is 0 Å². The van der Waals surface area contributed by atoms with Crippen molar-refractivity contribution in [3.05, 3.63) is 47.3 Å². The average Bonchev–Trinajstić information content (AvgIpc) is 3.13. The molecule has 1 amide bonds. The number of nitrogens with one attached hydrogen (secondary N) is 1. The summed E-state index contributed by atoms with van der Waals surface area (Å²) >= 11 is 1.08. The molecule has 8 nitrogen and oxygen atoms in total. The maximum Gasteiger partial charge on any atom is 0.323 e. The average molecular weight is 398 g/mol. The van der Waals surface area contributed by atoms with Gasteiger partial charge in [0.2, 0.25) is 0 Å². The zero-order valence-corrected chi connectivity index (χ0v) is 15.5. The van der Waals surface area contributed by atoms with Crippen LogP contribution < -0.4 is 4.72 Å². The molecule has 0 aliphatic rings. The van der Waals surface area contributed by atoms with Crippen molar-refractivity contribution >= 4 is 38.9 Å². The molecule has 2 N–H and O–H groups in total. The van der Waals surface area contributed by atoms with Crippen molar-refractivity contribution in [1.29, 1.82) is 0 Å². The summed E-state index contributed by atoms with van der Waals surface area (Å²) in [6.45, 7) is -0.191. The molecule has 0 atom stereocenters. The molecule has 0 radical (unpaired) electrons. The molecular weight excluding hydrogens is 380 g/mol. The molecular formula is C16H18N2O6S2. The molecule has 2 aromatic rings. The predicted molar refractivity (Wildman–Crippen MR) is 97.0 cm³/mol. The minimum Gasteiger partial charge on any atom is -0.480 e. The first kappa shape index (κ1) is 19.9. The highest BCUT2D eigenvalue weighted by atomic mass is 32.2. The lowest BCUT2D eigenvalue weighted by Gasteiger charge is -2.20. The molecule has 1 aromatic carbocycles. The number of aliphatic carboxylic acids is 1. The Hall–Kier alpha value is -2.43. The number of ether oxygens (including phenoxy) is 1. The summed E-state index contributed by atoms with van der Waals surface area (Å²) in [7, 11) is -2.29. The number of sulfonamides is 1. The van der Waals surface area contributed by atoms with Gasteiger partial charge in [-0.2, -0.15) is 0 Å². The van der Waals surface area contributed by atoms with E-state index >= 15 is 0 Å². The van der Waals surface area contributed by atoms with Gasteiger partial charge in [0.05, 0.1) is 6.61 Å². The molecule has 26 heavy (non-hydrogen) atoms. The SMILES string of the molecule is COCCN(CC(=O)O)C(=O)c1cccc(NS(=O)(=O)c2cccs2)c1. The molecule has 0 unspecified atom stereocenters. The van der Waals surface area contributed by atoms with E-state index in [1.165, 1.54) is 37.4 Å². The zero-order chi connectivity index (χ0) is 19.2. The van der Waals surface area contributed by atoms with E-state index < -0.39 is 28.4 Å². The number of carboxylic acid groups (broad SMARTS) is 1. The van der Waals surface area contributed by atoms with Crippen LogP contribution in [0.3, 0.4) is 0 Å². The summed E-state index contributed by atoms with van der Waals surface area (Å²) in [5.74, 6) is -1.68. The molecule has 0 bridgehead atoms. The molecule has 2 rings (SSSR count). The standard InChI is InChI=1S/C16H18N2O6S2/c1-24-8-7-18(11-14(19)20)16(21)12-4-2-5-13(10-12)17-26(22,23)15-6-3-9-25-15/h2-6,9-10,17H,7-8,11H2,1H3,(H,19,20). The van der Waals surface area contributed by atoms with Gasteiger partial charge in [0.25, 0.3) is 15.9 Å². The van der Waals surface area contributed by atoms with Crippen LogP contribution in [0.4, 0.5) is 5.69 Å². The first-order valence-electron chi connectivity index (χ1n) is 7.50. The topological polar surface area (TPSA) is 113 Å². The van der Waals surface area contributed by atoms with Crippen LogP contribution in [0.25, 0.3) is 0 Å². The number of amides is 1. The van der Waals surface area contributed by atoms with Crippen molar-refractivity contribution in [2.75, 3.05) is 31.5 Å². The lowest BCUT2D eigenvalue weighted by molar-refractivity contribution is -0.137. The van der Waals surface area contributed by atoms with Gasteiger partial charge in [-0.15, -0.1) is 11.3 Å². The Morgan fingerprint density at radius 1 is 1.27 bits per heavy atom. The number of rotatable bonds is 9. The first-order valence-corrected chi connectivity index (χ1v) is 9.86. The van der Waals surface area contributed by atoms with Crippen LogP contribution >= 0.6 is 11.3 Å². The van der Waals surface area contributed by atoms with Crippen LogP contribution in [0.15, 0.2) is 46.0 Å². The van der Waals surface area contributed by atoms with Gasteiger partial charge in [-0.05, 0) is 29.6 Å². The Balaban J connectivity index is 2.21. The van der Waals surface area contributed by atoms with Crippen molar-refractivity contribution < 1.29 is 27.9 Å². The fraction of sp³-hybridized carbons (Fsp3) is 0.250. The van der Waals surface area contributed by atoms with E-state index in [-0.39, 0.29) is 28.6 Å². The Bertz CT molecular complexity index is 865. The smallest absolute Gasteiger partial charge is 0.323 e. The quantitative estimate of drug-likeness (QED) is 0.665. The second-order valence-corrected chi connectivity index (χ2v) is 8.09. The molecule has 0 saturated carbocycles. The van der Waals surface area contributed by atoms with Crippen LogP contribution in [0, 0.1) is 0 Å². The van der Waals surface area contributed by atoms with Gasteiger partial charge < -0.3 is 14.7 Å². The van der Waals surface area contributed by atoms with Crippen molar-refractivity contribution in [2.45, 2.75) is 4.21 Å². The van der Waals surface area contributed by atoms with Gasteiger partial charge in [0.15, 0.2) is 0 Å². The van der Waals surface area contributed by atoms with Crippen molar-refractivity contribution in [1.82, 2.24) is 4.90 Å². The molecule has 10 heteroatoms. The predicted octanol–water partition coefficient (Wildman–Crippen LogP) is 1.72. The van der Waals surface area contributed by atoms with Gasteiger partial charge in [-0.1, -0.05) is 12.1 Å². The minimum absolute atomic E-state index is 0.104. The normalized spacial score (nSPS) is 11.1. The number of benzene rings is 1. The summed E-state index contributed by atoms with van der Waals surface area (Å²) < 4.78 is 32.0. The Morgan fingerprint density at radius 3 is 2.65 bits per heavy atom. The Labute approximate surface area is 155 Å². The monoisotopic (exact) mass is 398 g/mol. The first-order chi connectivity index (χ1) is 12.3. The second kappa shape index (κ2) is 8.79. The maximum atomic E-state index is 12.6. The second-order valence-electron chi connectivity index (χ2n) is 5.23. The Morgan fingerprint density at radius 2 is 2.04 bits per heavy atom. The highest BCUT2D eigenvalue weighted by molar-refractivity contribution is 7.94. The highest BCUT2D eigenvalue weighted by Gasteiger charge is 2.20. The summed E-state index contributed by atoms with van der Waals surface area (Å²) in [5.41, 5.74) is 0.389. The molecule has 1 heterocycles. The molecule has 0 aliphatic heterocycles. The van der Waals surface area contributed by atoms with Crippen molar-refractivity contribution in [3.8, 4) is 0 Å². The summed E-state index contributed by atoms with van der Waals surface area (Å²) in [5, 5.41) is 10.6. The minimum atomic E-state index is -3.74. The zero-order valence-electron chi connectivity index (χ0n) is 13.9.